The van der Waals surface area contributed by atoms with Gasteiger partial charge < -0.3 is 0 Å². The standard InChI is InChI=1S/C21H18ClN3O4S3/c1-13-4-8-17(9-5-13)31(26,27)19-20(32(28,29)18-10-6-16(22)7-11-18)30-21(23-19)25-15(3)12-14(2)24-25/h4-12H,1-3H3. The largest absolute Gasteiger partial charge is 0.226 e. The molecule has 0 unspecified atom stereocenters. The fourth-order valence-corrected chi connectivity index (χ4v) is 8.17. The summed E-state index contributed by atoms with van der Waals surface area (Å²) in [6.45, 7) is 5.39. The number of thiazole rings is 1. The maximum absolute atomic E-state index is 13.5. The maximum atomic E-state index is 13.5. The van der Waals surface area contributed by atoms with Crippen molar-refractivity contribution in [3.63, 3.8) is 0 Å². The van der Waals surface area contributed by atoms with E-state index in [4.69, 9.17) is 11.6 Å². The van der Waals surface area contributed by atoms with Crippen LogP contribution in [0.15, 0.2) is 73.6 Å². The zero-order valence-electron chi connectivity index (χ0n) is 17.3. The Balaban J connectivity index is 1.99. The van der Waals surface area contributed by atoms with Gasteiger partial charge in [0.05, 0.1) is 15.5 Å². The van der Waals surface area contributed by atoms with Crippen molar-refractivity contribution in [2.24, 2.45) is 0 Å². The fourth-order valence-electron chi connectivity index (χ4n) is 3.08. The Morgan fingerprint density at radius 3 is 1.97 bits per heavy atom. The van der Waals surface area contributed by atoms with Gasteiger partial charge in [0.1, 0.15) is 0 Å². The molecule has 0 amide bonds. The zero-order chi connectivity index (χ0) is 23.3. The second-order valence-corrected chi connectivity index (χ2v) is 12.6. The third kappa shape index (κ3) is 3.99. The topological polar surface area (TPSA) is 99.0 Å². The zero-order valence-corrected chi connectivity index (χ0v) is 20.5. The van der Waals surface area contributed by atoms with E-state index in [2.05, 4.69) is 10.1 Å². The number of nitrogens with zero attached hydrogens (tertiary/aromatic N) is 3. The lowest BCUT2D eigenvalue weighted by Crippen LogP contribution is -2.09. The number of hydrogen-bond acceptors (Lipinski definition) is 7. The molecule has 0 radical (unpaired) electrons. The van der Waals surface area contributed by atoms with Gasteiger partial charge in [-0.3, -0.25) is 0 Å². The number of benzene rings is 2. The Hall–Kier alpha value is -2.53. The Kier molecular flexibility index (Phi) is 5.74. The third-order valence-electron chi connectivity index (χ3n) is 4.70. The second kappa shape index (κ2) is 8.11. The molecule has 11 heteroatoms. The van der Waals surface area contributed by atoms with Crippen LogP contribution < -0.4 is 0 Å². The summed E-state index contributed by atoms with van der Waals surface area (Å²) < 4.78 is 54.9. The van der Waals surface area contributed by atoms with Gasteiger partial charge in [0.15, 0.2) is 9.24 Å². The minimum atomic E-state index is -4.23. The summed E-state index contributed by atoms with van der Waals surface area (Å²) in [5, 5.41) is 4.31. The molecule has 0 aliphatic carbocycles. The smallest absolute Gasteiger partial charge is 0.218 e. The maximum Gasteiger partial charge on any atom is 0.226 e. The van der Waals surface area contributed by atoms with Gasteiger partial charge in [0.25, 0.3) is 0 Å². The average Bonchev–Trinajstić information content (AvgIpc) is 3.32. The molecule has 0 fully saturated rings. The lowest BCUT2D eigenvalue weighted by atomic mass is 10.2. The van der Waals surface area contributed by atoms with Crippen LogP contribution in [0.3, 0.4) is 0 Å². The molecular formula is C21H18ClN3O4S3. The van der Waals surface area contributed by atoms with E-state index in [1.54, 1.807) is 32.0 Å². The summed E-state index contributed by atoms with van der Waals surface area (Å²) in [5.41, 5.74) is 2.27. The predicted octanol–water partition coefficient (Wildman–Crippen LogP) is 4.57. The van der Waals surface area contributed by atoms with Crippen LogP contribution in [-0.2, 0) is 19.7 Å². The molecule has 2 aromatic heterocycles. The van der Waals surface area contributed by atoms with E-state index in [0.29, 0.717) is 16.4 Å². The van der Waals surface area contributed by atoms with Gasteiger partial charge in [-0.1, -0.05) is 40.6 Å². The third-order valence-corrected chi connectivity index (χ3v) is 10.2. The number of sulfone groups is 2. The van der Waals surface area contributed by atoms with Crippen molar-refractivity contribution in [3.05, 3.63) is 76.6 Å². The van der Waals surface area contributed by atoms with Gasteiger partial charge in [-0.2, -0.15) is 5.10 Å². The van der Waals surface area contributed by atoms with Gasteiger partial charge in [0, 0.05) is 10.7 Å². The first-order chi connectivity index (χ1) is 15.0. The van der Waals surface area contributed by atoms with Gasteiger partial charge >= 0.3 is 0 Å². The van der Waals surface area contributed by atoms with Crippen LogP contribution in [0.2, 0.25) is 5.02 Å². The predicted molar refractivity (Wildman–Crippen MR) is 122 cm³/mol. The Morgan fingerprint density at radius 2 is 1.41 bits per heavy atom. The van der Waals surface area contributed by atoms with E-state index in [9.17, 15) is 16.8 Å². The SMILES string of the molecule is Cc1ccc(S(=O)(=O)c2nc(-n3nc(C)cc3C)sc2S(=O)(=O)c2ccc(Cl)cc2)cc1. The summed E-state index contributed by atoms with van der Waals surface area (Å²) >= 11 is 6.66. The first-order valence-electron chi connectivity index (χ1n) is 9.37. The van der Waals surface area contributed by atoms with Crippen molar-refractivity contribution in [2.45, 2.75) is 39.8 Å². The molecule has 0 aliphatic rings. The van der Waals surface area contributed by atoms with Crippen LogP contribution >= 0.6 is 22.9 Å². The average molecular weight is 508 g/mol. The van der Waals surface area contributed by atoms with Crippen molar-refractivity contribution < 1.29 is 16.8 Å². The summed E-state index contributed by atoms with van der Waals surface area (Å²) in [6.07, 6.45) is 0. The summed E-state index contributed by atoms with van der Waals surface area (Å²) in [4.78, 5) is 4.14. The van der Waals surface area contributed by atoms with E-state index in [0.717, 1.165) is 16.9 Å². The Labute approximate surface area is 195 Å². The molecule has 7 nitrogen and oxygen atoms in total. The van der Waals surface area contributed by atoms with Crippen molar-refractivity contribution in [2.75, 3.05) is 0 Å². The molecule has 0 bridgehead atoms. The number of aromatic nitrogens is 3. The Bertz CT molecular complexity index is 1430. The minimum Gasteiger partial charge on any atom is -0.218 e. The lowest BCUT2D eigenvalue weighted by Gasteiger charge is -2.06. The van der Waals surface area contributed by atoms with E-state index in [1.165, 1.54) is 41.1 Å². The second-order valence-electron chi connectivity index (χ2n) is 7.20. The number of rotatable bonds is 5. The first-order valence-corrected chi connectivity index (χ1v) is 13.5. The summed E-state index contributed by atoms with van der Waals surface area (Å²) in [6, 6.07) is 13.5. The highest BCUT2D eigenvalue weighted by Gasteiger charge is 2.35. The lowest BCUT2D eigenvalue weighted by molar-refractivity contribution is 0.581. The molecule has 0 aliphatic heterocycles. The minimum absolute atomic E-state index is 0.0409. The van der Waals surface area contributed by atoms with Crippen LogP contribution in [0, 0.1) is 20.8 Å². The molecule has 32 heavy (non-hydrogen) atoms. The van der Waals surface area contributed by atoms with E-state index >= 15 is 0 Å². The quantitative estimate of drug-likeness (QED) is 0.392. The van der Waals surface area contributed by atoms with Crippen LogP contribution in [0.25, 0.3) is 5.13 Å². The molecule has 2 heterocycles. The van der Waals surface area contributed by atoms with Crippen molar-refractivity contribution in [3.8, 4) is 5.13 Å². The number of hydrogen-bond donors (Lipinski definition) is 0. The molecule has 2 aromatic carbocycles. The molecule has 0 saturated heterocycles. The number of aryl methyl sites for hydroxylation is 3. The van der Waals surface area contributed by atoms with E-state index in [1.807, 2.05) is 6.92 Å². The monoisotopic (exact) mass is 507 g/mol. The van der Waals surface area contributed by atoms with Crippen LogP contribution in [0.5, 0.6) is 0 Å². The molecule has 166 valence electrons. The van der Waals surface area contributed by atoms with Crippen LogP contribution in [0.4, 0.5) is 0 Å². The summed E-state index contributed by atoms with van der Waals surface area (Å²) in [5.74, 6) is 0. The van der Waals surface area contributed by atoms with E-state index in [-0.39, 0.29) is 19.1 Å². The molecular weight excluding hydrogens is 490 g/mol. The molecule has 4 rings (SSSR count). The highest BCUT2D eigenvalue weighted by Crippen LogP contribution is 2.37. The molecule has 0 spiro atoms. The van der Waals surface area contributed by atoms with Crippen molar-refractivity contribution >= 4 is 42.6 Å². The fraction of sp³-hybridized carbons (Fsp3) is 0.143. The van der Waals surface area contributed by atoms with E-state index < -0.39 is 24.7 Å². The summed E-state index contributed by atoms with van der Waals surface area (Å²) in [7, 11) is -8.43. The van der Waals surface area contributed by atoms with Gasteiger partial charge in [-0.15, -0.1) is 0 Å². The van der Waals surface area contributed by atoms with Gasteiger partial charge in [-0.25, -0.2) is 26.5 Å². The highest BCUT2D eigenvalue weighted by atomic mass is 35.5. The highest BCUT2D eigenvalue weighted by molar-refractivity contribution is 7.96. The number of halogens is 1. The Morgan fingerprint density at radius 1 is 0.844 bits per heavy atom. The van der Waals surface area contributed by atoms with Crippen molar-refractivity contribution in [1.82, 2.24) is 14.8 Å². The van der Waals surface area contributed by atoms with Gasteiger partial charge in [-0.05, 0) is 63.2 Å². The van der Waals surface area contributed by atoms with Crippen LogP contribution in [-0.4, -0.2) is 31.6 Å². The molecule has 0 saturated carbocycles. The molecule has 0 atom stereocenters. The van der Waals surface area contributed by atoms with Crippen LogP contribution in [0.1, 0.15) is 17.0 Å². The van der Waals surface area contributed by atoms with Crippen molar-refractivity contribution in [1.29, 1.82) is 0 Å². The normalized spacial score (nSPS) is 12.2. The van der Waals surface area contributed by atoms with Gasteiger partial charge in [0.2, 0.25) is 24.8 Å². The molecule has 4 aromatic rings. The first kappa shape index (κ1) is 22.7. The molecule has 0 N–H and O–H groups in total.